The van der Waals surface area contributed by atoms with Crippen LogP contribution >= 0.6 is 15.9 Å². The first kappa shape index (κ1) is 12.2. The van der Waals surface area contributed by atoms with Gasteiger partial charge in [0.2, 0.25) is 0 Å². The topological polar surface area (TPSA) is 9.23 Å². The molecule has 19 heavy (non-hydrogen) atoms. The minimum atomic E-state index is 0.600. The molecule has 0 aliphatic heterocycles. The van der Waals surface area contributed by atoms with Crippen LogP contribution in [0, 0.1) is 0 Å². The Morgan fingerprint density at radius 3 is 2.37 bits per heavy atom. The highest BCUT2D eigenvalue weighted by Gasteiger charge is 1.99. The zero-order chi connectivity index (χ0) is 13.1. The molecule has 3 rings (SSSR count). The minimum Gasteiger partial charge on any atom is -0.489 e. The minimum absolute atomic E-state index is 0.600. The maximum absolute atomic E-state index is 5.82. The van der Waals surface area contributed by atoms with Gasteiger partial charge >= 0.3 is 0 Å². The highest BCUT2D eigenvalue weighted by Crippen LogP contribution is 2.24. The number of fused-ring (bicyclic) bond motifs is 1. The fraction of sp³-hybridized carbons (Fsp3) is 0.0588. The molecule has 0 spiro atoms. The highest BCUT2D eigenvalue weighted by molar-refractivity contribution is 9.10. The van der Waals surface area contributed by atoms with Gasteiger partial charge in [-0.15, -0.1) is 0 Å². The molecular weight excluding hydrogens is 300 g/mol. The van der Waals surface area contributed by atoms with Crippen LogP contribution in [0.3, 0.4) is 0 Å². The van der Waals surface area contributed by atoms with E-state index in [2.05, 4.69) is 52.3 Å². The molecule has 0 aliphatic carbocycles. The molecule has 3 aromatic carbocycles. The van der Waals surface area contributed by atoms with E-state index >= 15 is 0 Å². The van der Waals surface area contributed by atoms with Crippen molar-refractivity contribution >= 4 is 26.7 Å². The second-order valence-electron chi connectivity index (χ2n) is 4.43. The Hall–Kier alpha value is -1.80. The third-order valence-electron chi connectivity index (χ3n) is 3.02. The molecule has 1 nitrogen and oxygen atoms in total. The summed E-state index contributed by atoms with van der Waals surface area (Å²) in [7, 11) is 0. The number of ether oxygens (including phenoxy) is 1. The van der Waals surface area contributed by atoms with Crippen LogP contribution in [0.25, 0.3) is 10.8 Å². The monoisotopic (exact) mass is 312 g/mol. The van der Waals surface area contributed by atoms with Crippen LogP contribution in [0.1, 0.15) is 5.56 Å². The number of hydrogen-bond acceptors (Lipinski definition) is 1. The van der Waals surface area contributed by atoms with Gasteiger partial charge < -0.3 is 4.74 Å². The predicted molar refractivity (Wildman–Crippen MR) is 82.4 cm³/mol. The molecule has 0 heterocycles. The molecule has 0 atom stereocenters. The smallest absolute Gasteiger partial charge is 0.120 e. The van der Waals surface area contributed by atoms with Crippen LogP contribution < -0.4 is 4.74 Å². The highest BCUT2D eigenvalue weighted by atomic mass is 79.9. The molecule has 0 amide bonds. The normalized spacial score (nSPS) is 10.6. The average Bonchev–Trinajstić information content (AvgIpc) is 2.46. The molecule has 0 aliphatic rings. The molecule has 0 unspecified atom stereocenters. The first-order chi connectivity index (χ1) is 9.31. The lowest BCUT2D eigenvalue weighted by Crippen LogP contribution is -1.94. The third kappa shape index (κ3) is 2.96. The standard InChI is InChI=1S/C17H13BrO/c18-16-8-6-15-11-17(9-7-14(15)10-16)19-12-13-4-2-1-3-5-13/h1-11H,12H2. The molecule has 94 valence electrons. The second kappa shape index (κ2) is 5.45. The fourth-order valence-corrected chi connectivity index (χ4v) is 2.40. The summed E-state index contributed by atoms with van der Waals surface area (Å²) >= 11 is 3.48. The van der Waals surface area contributed by atoms with Crippen molar-refractivity contribution in [3.63, 3.8) is 0 Å². The molecule has 0 saturated carbocycles. The van der Waals surface area contributed by atoms with Crippen LogP contribution in [-0.2, 0) is 6.61 Å². The van der Waals surface area contributed by atoms with E-state index in [4.69, 9.17) is 4.74 Å². The van der Waals surface area contributed by atoms with Gasteiger partial charge in [-0.1, -0.05) is 58.4 Å². The fourth-order valence-electron chi connectivity index (χ4n) is 2.03. The molecule has 0 bridgehead atoms. The number of halogens is 1. The van der Waals surface area contributed by atoms with Crippen molar-refractivity contribution in [1.82, 2.24) is 0 Å². The van der Waals surface area contributed by atoms with E-state index < -0.39 is 0 Å². The van der Waals surface area contributed by atoms with Gasteiger partial charge in [0.25, 0.3) is 0 Å². The average molecular weight is 313 g/mol. The lowest BCUT2D eigenvalue weighted by Gasteiger charge is -2.07. The van der Waals surface area contributed by atoms with Crippen molar-refractivity contribution in [2.75, 3.05) is 0 Å². The van der Waals surface area contributed by atoms with Gasteiger partial charge in [0.15, 0.2) is 0 Å². The Morgan fingerprint density at radius 2 is 1.53 bits per heavy atom. The largest absolute Gasteiger partial charge is 0.489 e. The van der Waals surface area contributed by atoms with Crippen molar-refractivity contribution in [2.24, 2.45) is 0 Å². The third-order valence-corrected chi connectivity index (χ3v) is 3.52. The van der Waals surface area contributed by atoms with Crippen LogP contribution in [0.2, 0.25) is 0 Å². The van der Waals surface area contributed by atoms with Crippen LogP contribution in [0.15, 0.2) is 71.2 Å². The van der Waals surface area contributed by atoms with Gasteiger partial charge in [-0.2, -0.15) is 0 Å². The second-order valence-corrected chi connectivity index (χ2v) is 5.34. The summed E-state index contributed by atoms with van der Waals surface area (Å²) in [6.07, 6.45) is 0. The summed E-state index contributed by atoms with van der Waals surface area (Å²) in [6, 6.07) is 22.6. The maximum Gasteiger partial charge on any atom is 0.120 e. The van der Waals surface area contributed by atoms with Crippen molar-refractivity contribution in [2.45, 2.75) is 6.61 Å². The predicted octanol–water partition coefficient (Wildman–Crippen LogP) is 5.18. The van der Waals surface area contributed by atoms with E-state index in [-0.39, 0.29) is 0 Å². The summed E-state index contributed by atoms with van der Waals surface area (Å²) < 4.78 is 6.91. The Labute approximate surface area is 121 Å². The molecule has 0 saturated heterocycles. The van der Waals surface area contributed by atoms with E-state index in [0.717, 1.165) is 10.2 Å². The van der Waals surface area contributed by atoms with E-state index in [1.54, 1.807) is 0 Å². The Bertz CT molecular complexity index is 692. The SMILES string of the molecule is Brc1ccc2cc(OCc3ccccc3)ccc2c1. The lowest BCUT2D eigenvalue weighted by atomic mass is 10.1. The molecule has 2 heteroatoms. The molecule has 0 aromatic heterocycles. The molecule has 0 radical (unpaired) electrons. The van der Waals surface area contributed by atoms with Gasteiger partial charge in [-0.25, -0.2) is 0 Å². The lowest BCUT2D eigenvalue weighted by molar-refractivity contribution is 0.306. The first-order valence-corrected chi connectivity index (χ1v) is 6.97. The van der Waals surface area contributed by atoms with E-state index in [9.17, 15) is 0 Å². The summed E-state index contributed by atoms with van der Waals surface area (Å²) in [6.45, 7) is 0.600. The zero-order valence-corrected chi connectivity index (χ0v) is 11.9. The van der Waals surface area contributed by atoms with Crippen molar-refractivity contribution in [3.8, 4) is 5.75 Å². The Morgan fingerprint density at radius 1 is 0.789 bits per heavy atom. The summed E-state index contributed by atoms with van der Waals surface area (Å²) in [4.78, 5) is 0. The molecule has 0 fully saturated rings. The van der Waals surface area contributed by atoms with Crippen LogP contribution in [0.4, 0.5) is 0 Å². The van der Waals surface area contributed by atoms with Crippen LogP contribution in [-0.4, -0.2) is 0 Å². The van der Waals surface area contributed by atoms with Gasteiger partial charge in [-0.3, -0.25) is 0 Å². The van der Waals surface area contributed by atoms with E-state index in [1.165, 1.54) is 16.3 Å². The number of rotatable bonds is 3. The van der Waals surface area contributed by atoms with Crippen molar-refractivity contribution in [1.29, 1.82) is 0 Å². The van der Waals surface area contributed by atoms with Crippen LogP contribution in [0.5, 0.6) is 5.75 Å². The quantitative estimate of drug-likeness (QED) is 0.647. The Kier molecular flexibility index (Phi) is 3.51. The number of benzene rings is 3. The molecule has 3 aromatic rings. The van der Waals surface area contributed by atoms with Gasteiger partial charge in [0.05, 0.1) is 0 Å². The van der Waals surface area contributed by atoms with Gasteiger partial charge in [0.1, 0.15) is 12.4 Å². The van der Waals surface area contributed by atoms with Crippen molar-refractivity contribution in [3.05, 3.63) is 76.8 Å². The maximum atomic E-state index is 5.82. The molecular formula is C17H13BrO. The van der Waals surface area contributed by atoms with Gasteiger partial charge in [0, 0.05) is 4.47 Å². The summed E-state index contributed by atoms with van der Waals surface area (Å²) in [5.41, 5.74) is 1.18. The zero-order valence-electron chi connectivity index (χ0n) is 10.3. The Balaban J connectivity index is 1.80. The van der Waals surface area contributed by atoms with E-state index in [1.807, 2.05) is 30.3 Å². The van der Waals surface area contributed by atoms with Gasteiger partial charge in [-0.05, 0) is 40.6 Å². The summed E-state index contributed by atoms with van der Waals surface area (Å²) in [5.74, 6) is 0.902. The molecule has 0 N–H and O–H groups in total. The van der Waals surface area contributed by atoms with Crippen molar-refractivity contribution < 1.29 is 4.74 Å². The first-order valence-electron chi connectivity index (χ1n) is 6.17. The van der Waals surface area contributed by atoms with E-state index in [0.29, 0.717) is 6.61 Å². The number of hydrogen-bond donors (Lipinski definition) is 0. The summed E-state index contributed by atoms with van der Waals surface area (Å²) in [5, 5.41) is 2.40.